The van der Waals surface area contributed by atoms with E-state index in [2.05, 4.69) is 16.5 Å². The third-order valence-corrected chi connectivity index (χ3v) is 5.34. The summed E-state index contributed by atoms with van der Waals surface area (Å²) in [5.41, 5.74) is 4.33. The predicted octanol–water partition coefficient (Wildman–Crippen LogP) is 4.54. The van der Waals surface area contributed by atoms with Gasteiger partial charge in [0.15, 0.2) is 5.71 Å². The van der Waals surface area contributed by atoms with E-state index >= 15 is 0 Å². The Hall–Kier alpha value is -4.10. The van der Waals surface area contributed by atoms with Crippen molar-refractivity contribution >= 4 is 22.8 Å². The molecule has 7 heteroatoms. The second-order valence-electron chi connectivity index (χ2n) is 8.03. The van der Waals surface area contributed by atoms with Crippen LogP contribution in [0.25, 0.3) is 16.6 Å². The number of anilines is 1. The predicted molar refractivity (Wildman–Crippen MR) is 135 cm³/mol. The number of aromatic nitrogens is 1. The highest BCUT2D eigenvalue weighted by Crippen LogP contribution is 2.29. The first-order chi connectivity index (χ1) is 16.6. The SMILES string of the molecule is COc1ccc(NC(=O)/C(=N\OCCN(C)C)c2c(-c3ccccc3)cc3ccccn23)cc1. The Morgan fingerprint density at radius 1 is 1.00 bits per heavy atom. The highest BCUT2D eigenvalue weighted by Gasteiger charge is 2.24. The Morgan fingerprint density at radius 3 is 2.44 bits per heavy atom. The second kappa shape index (κ2) is 10.7. The molecule has 174 valence electrons. The molecule has 2 aromatic carbocycles. The molecule has 0 aliphatic heterocycles. The minimum atomic E-state index is -0.365. The zero-order valence-corrected chi connectivity index (χ0v) is 19.6. The molecule has 34 heavy (non-hydrogen) atoms. The molecule has 0 spiro atoms. The molecule has 4 rings (SSSR count). The summed E-state index contributed by atoms with van der Waals surface area (Å²) in [5.74, 6) is 0.346. The van der Waals surface area contributed by atoms with Crippen LogP contribution >= 0.6 is 0 Å². The summed E-state index contributed by atoms with van der Waals surface area (Å²) in [6.45, 7) is 1.04. The summed E-state index contributed by atoms with van der Waals surface area (Å²) in [4.78, 5) is 21.2. The fourth-order valence-corrected chi connectivity index (χ4v) is 3.59. The molecule has 0 aliphatic carbocycles. The number of oxime groups is 1. The van der Waals surface area contributed by atoms with Gasteiger partial charge >= 0.3 is 0 Å². The monoisotopic (exact) mass is 456 g/mol. The van der Waals surface area contributed by atoms with Crippen LogP contribution < -0.4 is 10.1 Å². The number of hydrogen-bond acceptors (Lipinski definition) is 5. The summed E-state index contributed by atoms with van der Waals surface area (Å²) in [5, 5.41) is 7.28. The minimum absolute atomic E-state index is 0.194. The number of methoxy groups -OCH3 is 1. The highest BCUT2D eigenvalue weighted by atomic mass is 16.6. The van der Waals surface area contributed by atoms with Crippen LogP contribution in [0.15, 0.2) is 90.2 Å². The summed E-state index contributed by atoms with van der Waals surface area (Å²) in [6.07, 6.45) is 1.92. The van der Waals surface area contributed by atoms with Crippen LogP contribution in [0.5, 0.6) is 5.75 Å². The van der Waals surface area contributed by atoms with Crippen molar-refractivity contribution in [2.24, 2.45) is 5.16 Å². The van der Waals surface area contributed by atoms with Crippen LogP contribution in [0.4, 0.5) is 5.69 Å². The number of nitrogens with zero attached hydrogens (tertiary/aromatic N) is 3. The maximum Gasteiger partial charge on any atom is 0.279 e. The number of hydrogen-bond donors (Lipinski definition) is 1. The van der Waals surface area contributed by atoms with E-state index in [1.807, 2.05) is 78.1 Å². The normalized spacial score (nSPS) is 11.6. The Morgan fingerprint density at radius 2 is 1.74 bits per heavy atom. The lowest BCUT2D eigenvalue weighted by Gasteiger charge is -2.13. The fraction of sp³-hybridized carbons (Fsp3) is 0.185. The second-order valence-corrected chi connectivity index (χ2v) is 8.03. The van der Waals surface area contributed by atoms with E-state index in [0.717, 1.165) is 16.6 Å². The van der Waals surface area contributed by atoms with Crippen LogP contribution in [0.1, 0.15) is 5.69 Å². The zero-order valence-electron chi connectivity index (χ0n) is 19.6. The third kappa shape index (κ3) is 5.27. The van der Waals surface area contributed by atoms with Gasteiger partial charge in [-0.25, -0.2) is 0 Å². The van der Waals surface area contributed by atoms with Gasteiger partial charge in [-0.1, -0.05) is 41.6 Å². The highest BCUT2D eigenvalue weighted by molar-refractivity contribution is 6.49. The van der Waals surface area contributed by atoms with Crippen molar-refractivity contribution in [1.82, 2.24) is 9.30 Å². The number of carbonyl (C=O) groups is 1. The molecule has 2 heterocycles. The number of pyridine rings is 1. The zero-order chi connectivity index (χ0) is 23.9. The first kappa shape index (κ1) is 23.1. The molecule has 0 saturated heterocycles. The quantitative estimate of drug-likeness (QED) is 0.228. The van der Waals surface area contributed by atoms with Crippen LogP contribution in [-0.4, -0.2) is 55.3 Å². The van der Waals surface area contributed by atoms with E-state index < -0.39 is 0 Å². The number of likely N-dealkylation sites (N-methyl/N-ethyl adjacent to an activating group) is 1. The molecule has 0 radical (unpaired) electrons. The minimum Gasteiger partial charge on any atom is -0.497 e. The number of benzene rings is 2. The molecule has 0 unspecified atom stereocenters. The van der Waals surface area contributed by atoms with Gasteiger partial charge in [-0.05, 0) is 62.1 Å². The van der Waals surface area contributed by atoms with Crippen molar-refractivity contribution in [1.29, 1.82) is 0 Å². The molecule has 0 bridgehead atoms. The Kier molecular flexibility index (Phi) is 7.25. The van der Waals surface area contributed by atoms with Crippen molar-refractivity contribution < 1.29 is 14.4 Å². The lowest BCUT2D eigenvalue weighted by atomic mass is 10.0. The molecule has 1 N–H and O–H groups in total. The number of nitrogens with one attached hydrogen (secondary N) is 1. The van der Waals surface area contributed by atoms with Gasteiger partial charge in [0.2, 0.25) is 0 Å². The van der Waals surface area contributed by atoms with E-state index in [1.54, 1.807) is 31.4 Å². The smallest absolute Gasteiger partial charge is 0.279 e. The van der Waals surface area contributed by atoms with Crippen LogP contribution in [0.3, 0.4) is 0 Å². The fourth-order valence-electron chi connectivity index (χ4n) is 3.59. The molecule has 7 nitrogen and oxygen atoms in total. The van der Waals surface area contributed by atoms with Crippen LogP contribution in [0.2, 0.25) is 0 Å². The average molecular weight is 457 g/mol. The summed E-state index contributed by atoms with van der Waals surface area (Å²) >= 11 is 0. The molecular weight excluding hydrogens is 428 g/mol. The van der Waals surface area contributed by atoms with Gasteiger partial charge in [-0.3, -0.25) is 4.79 Å². The van der Waals surface area contributed by atoms with E-state index in [0.29, 0.717) is 30.3 Å². The molecule has 0 saturated carbocycles. The number of carbonyl (C=O) groups excluding carboxylic acids is 1. The van der Waals surface area contributed by atoms with Crippen LogP contribution in [-0.2, 0) is 9.63 Å². The molecule has 1 amide bonds. The van der Waals surface area contributed by atoms with Crippen molar-refractivity contribution in [2.75, 3.05) is 39.7 Å². The van der Waals surface area contributed by atoms with Gasteiger partial charge in [-0.15, -0.1) is 0 Å². The van der Waals surface area contributed by atoms with E-state index in [9.17, 15) is 4.79 Å². The number of ether oxygens (including phenoxy) is 1. The Balaban J connectivity index is 1.78. The van der Waals surface area contributed by atoms with Gasteiger partial charge in [0.1, 0.15) is 12.4 Å². The number of rotatable bonds is 9. The van der Waals surface area contributed by atoms with E-state index in [4.69, 9.17) is 9.57 Å². The van der Waals surface area contributed by atoms with Gasteiger partial charge in [0.05, 0.1) is 12.8 Å². The number of fused-ring (bicyclic) bond motifs is 1. The largest absolute Gasteiger partial charge is 0.497 e. The summed E-state index contributed by atoms with van der Waals surface area (Å²) in [6, 6.07) is 25.1. The van der Waals surface area contributed by atoms with E-state index in [1.165, 1.54) is 0 Å². The topological polar surface area (TPSA) is 67.6 Å². The first-order valence-electron chi connectivity index (χ1n) is 11.0. The first-order valence-corrected chi connectivity index (χ1v) is 11.0. The van der Waals surface area contributed by atoms with Crippen molar-refractivity contribution in [3.05, 3.63) is 90.8 Å². The van der Waals surface area contributed by atoms with Crippen LogP contribution in [0, 0.1) is 0 Å². The van der Waals surface area contributed by atoms with Gasteiger partial charge in [0, 0.05) is 29.5 Å². The van der Waals surface area contributed by atoms with Crippen molar-refractivity contribution in [3.8, 4) is 16.9 Å². The lowest BCUT2D eigenvalue weighted by Crippen LogP contribution is -2.26. The lowest BCUT2D eigenvalue weighted by molar-refractivity contribution is -0.110. The average Bonchev–Trinajstić information content (AvgIpc) is 3.24. The van der Waals surface area contributed by atoms with Crippen molar-refractivity contribution in [2.45, 2.75) is 0 Å². The molecule has 4 aromatic rings. The third-order valence-electron chi connectivity index (χ3n) is 5.34. The number of amides is 1. The molecule has 2 aromatic heterocycles. The Labute approximate surface area is 199 Å². The molecule has 0 aliphatic rings. The van der Waals surface area contributed by atoms with Gasteiger partial charge in [-0.2, -0.15) is 0 Å². The Bertz CT molecular complexity index is 1280. The molecular formula is C27H28N4O3. The summed E-state index contributed by atoms with van der Waals surface area (Å²) < 4.78 is 7.18. The standard InChI is InChI=1S/C27H28N4O3/c1-30(2)17-18-34-29-25(27(32)28-21-12-14-23(33-3)15-13-21)26-24(20-9-5-4-6-10-20)19-22-11-7-8-16-31(22)26/h4-16,19H,17-18H2,1-3H3,(H,28,32)/b29-25-. The van der Waals surface area contributed by atoms with Crippen molar-refractivity contribution in [3.63, 3.8) is 0 Å². The summed E-state index contributed by atoms with van der Waals surface area (Å²) in [7, 11) is 5.52. The van der Waals surface area contributed by atoms with Gasteiger partial charge in [0.25, 0.3) is 5.91 Å². The molecule has 0 atom stereocenters. The van der Waals surface area contributed by atoms with Gasteiger partial charge < -0.3 is 24.2 Å². The maximum atomic E-state index is 13.5. The van der Waals surface area contributed by atoms with E-state index in [-0.39, 0.29) is 11.6 Å². The maximum absolute atomic E-state index is 13.5. The molecule has 0 fully saturated rings.